The van der Waals surface area contributed by atoms with Gasteiger partial charge < -0.3 is 9.84 Å². The van der Waals surface area contributed by atoms with Crippen molar-refractivity contribution in [2.24, 2.45) is 0 Å². The van der Waals surface area contributed by atoms with E-state index in [9.17, 15) is 4.79 Å². The largest absolute Gasteiger partial charge is 0.511 e. The molecule has 0 aromatic heterocycles. The summed E-state index contributed by atoms with van der Waals surface area (Å²) in [5.74, 6) is 0.350. The molecule has 1 aromatic carbocycles. The Kier molecular flexibility index (Phi) is 4.15. The Balaban J connectivity index is 0.00000121. The molecule has 1 N–H and O–H groups in total. The molecule has 0 atom stereocenters. The molecule has 0 bridgehead atoms. The second kappa shape index (κ2) is 4.62. The zero-order valence-corrected chi connectivity index (χ0v) is 7.30. The second-order valence-electron chi connectivity index (χ2n) is 2.18. The van der Waals surface area contributed by atoms with E-state index >= 15 is 0 Å². The molecule has 0 saturated carbocycles. The molecule has 0 heterocycles. The fourth-order valence-electron chi connectivity index (χ4n) is 0.707. The van der Waals surface area contributed by atoms with Crippen LogP contribution in [0.2, 0.25) is 0 Å². The lowest BCUT2D eigenvalue weighted by Crippen LogP contribution is -2.02. The Labute approximate surface area is 76.4 Å². The highest BCUT2D eigenvalue weighted by Gasteiger charge is 1.97. The van der Waals surface area contributed by atoms with Gasteiger partial charge >= 0.3 is 6.16 Å². The molecule has 0 fully saturated rings. The van der Waals surface area contributed by atoms with Gasteiger partial charge in [0.15, 0.2) is 0 Å². The highest BCUT2D eigenvalue weighted by atomic mass is 35.5. The molecule has 4 heteroatoms. The molecule has 0 radical (unpaired) electrons. The van der Waals surface area contributed by atoms with Crippen LogP contribution in [0.1, 0.15) is 5.56 Å². The third-order valence-electron chi connectivity index (χ3n) is 1.23. The van der Waals surface area contributed by atoms with E-state index in [1.54, 1.807) is 24.3 Å². The summed E-state index contributed by atoms with van der Waals surface area (Å²) in [5.41, 5.74) is 1.07. The van der Waals surface area contributed by atoms with Gasteiger partial charge in [-0.15, -0.1) is 12.4 Å². The molecule has 1 aromatic rings. The zero-order chi connectivity index (χ0) is 8.27. The number of benzene rings is 1. The minimum atomic E-state index is -1.28. The highest BCUT2D eigenvalue weighted by molar-refractivity contribution is 5.85. The number of rotatable bonds is 1. The molecule has 0 aliphatic rings. The van der Waals surface area contributed by atoms with Gasteiger partial charge in [0.25, 0.3) is 0 Å². The normalized spacial score (nSPS) is 8.42. The molecule has 1 rings (SSSR count). The van der Waals surface area contributed by atoms with Gasteiger partial charge in [-0.05, 0) is 19.1 Å². The number of hydrogen-bond donors (Lipinski definition) is 1. The molecule has 66 valence electrons. The average molecular weight is 189 g/mol. The van der Waals surface area contributed by atoms with Crippen LogP contribution >= 0.6 is 12.4 Å². The van der Waals surface area contributed by atoms with Crippen LogP contribution in [0.3, 0.4) is 0 Å². The van der Waals surface area contributed by atoms with Crippen LogP contribution in [0.5, 0.6) is 5.75 Å². The first-order valence-electron chi connectivity index (χ1n) is 3.16. The Morgan fingerprint density at radius 3 is 2.25 bits per heavy atom. The average Bonchev–Trinajstić information content (AvgIpc) is 1.93. The van der Waals surface area contributed by atoms with Crippen LogP contribution in [0.25, 0.3) is 0 Å². The van der Waals surface area contributed by atoms with Gasteiger partial charge in [0.1, 0.15) is 5.75 Å². The first kappa shape index (κ1) is 10.8. The maximum atomic E-state index is 10.0. The van der Waals surface area contributed by atoms with Gasteiger partial charge in [0, 0.05) is 0 Å². The summed E-state index contributed by atoms with van der Waals surface area (Å²) in [6.45, 7) is 1.92. The van der Waals surface area contributed by atoms with Crippen LogP contribution in [0.4, 0.5) is 4.79 Å². The maximum absolute atomic E-state index is 10.0. The topological polar surface area (TPSA) is 46.5 Å². The SMILES string of the molecule is Cc1ccc(OC(=O)O)cc1.Cl. The van der Waals surface area contributed by atoms with Crippen molar-refractivity contribution < 1.29 is 14.6 Å². The smallest absolute Gasteiger partial charge is 0.449 e. The number of carbonyl (C=O) groups is 1. The fourth-order valence-corrected chi connectivity index (χ4v) is 0.707. The van der Waals surface area contributed by atoms with E-state index in [0.29, 0.717) is 5.75 Å². The Hall–Kier alpha value is -1.22. The number of ether oxygens (including phenoxy) is 1. The predicted molar refractivity (Wildman–Crippen MR) is 47.1 cm³/mol. The summed E-state index contributed by atoms with van der Waals surface area (Å²) in [7, 11) is 0. The summed E-state index contributed by atoms with van der Waals surface area (Å²) < 4.78 is 4.39. The molecule has 12 heavy (non-hydrogen) atoms. The Morgan fingerprint density at radius 2 is 1.83 bits per heavy atom. The minimum absolute atomic E-state index is 0. The van der Waals surface area contributed by atoms with Crippen molar-refractivity contribution in [2.75, 3.05) is 0 Å². The minimum Gasteiger partial charge on any atom is -0.449 e. The third-order valence-corrected chi connectivity index (χ3v) is 1.23. The van der Waals surface area contributed by atoms with E-state index in [0.717, 1.165) is 5.56 Å². The van der Waals surface area contributed by atoms with Crippen molar-refractivity contribution >= 4 is 18.6 Å². The summed E-state index contributed by atoms with van der Waals surface area (Å²) in [6, 6.07) is 6.81. The van der Waals surface area contributed by atoms with Gasteiger partial charge in [-0.3, -0.25) is 0 Å². The van der Waals surface area contributed by atoms with Crippen LogP contribution in [0.15, 0.2) is 24.3 Å². The Morgan fingerprint density at radius 1 is 1.33 bits per heavy atom. The van der Waals surface area contributed by atoms with Gasteiger partial charge in [-0.2, -0.15) is 0 Å². The molecule has 0 aliphatic heterocycles. The summed E-state index contributed by atoms with van der Waals surface area (Å²) in [5, 5.41) is 8.21. The predicted octanol–water partition coefficient (Wildman–Crippen LogP) is 2.47. The van der Waals surface area contributed by atoms with Gasteiger partial charge in [0.2, 0.25) is 0 Å². The molecular formula is C8H9ClO3. The monoisotopic (exact) mass is 188 g/mol. The molecule has 0 saturated heterocycles. The summed E-state index contributed by atoms with van der Waals surface area (Å²) >= 11 is 0. The van der Waals surface area contributed by atoms with E-state index in [1.807, 2.05) is 6.92 Å². The molecule has 0 unspecified atom stereocenters. The standard InChI is InChI=1S/C8H8O3.ClH/c1-6-2-4-7(5-3-6)11-8(9)10;/h2-5H,1H3,(H,9,10);1H. The lowest BCUT2D eigenvalue weighted by atomic mass is 10.2. The van der Waals surface area contributed by atoms with Gasteiger partial charge in [-0.1, -0.05) is 17.7 Å². The van der Waals surface area contributed by atoms with Crippen molar-refractivity contribution in [1.82, 2.24) is 0 Å². The van der Waals surface area contributed by atoms with Crippen LogP contribution < -0.4 is 4.74 Å². The third kappa shape index (κ3) is 3.25. The highest BCUT2D eigenvalue weighted by Crippen LogP contribution is 2.10. The van der Waals surface area contributed by atoms with Crippen LogP contribution in [-0.2, 0) is 0 Å². The van der Waals surface area contributed by atoms with Gasteiger partial charge in [-0.25, -0.2) is 4.79 Å². The lowest BCUT2D eigenvalue weighted by Gasteiger charge is -1.98. The number of aryl methyl sites for hydroxylation is 1. The van der Waals surface area contributed by atoms with Crippen molar-refractivity contribution in [1.29, 1.82) is 0 Å². The van der Waals surface area contributed by atoms with Crippen LogP contribution in [-0.4, -0.2) is 11.3 Å². The van der Waals surface area contributed by atoms with Crippen molar-refractivity contribution in [3.8, 4) is 5.75 Å². The first-order valence-corrected chi connectivity index (χ1v) is 3.16. The quantitative estimate of drug-likeness (QED) is 0.544. The number of hydrogen-bond acceptors (Lipinski definition) is 2. The fraction of sp³-hybridized carbons (Fsp3) is 0.125. The zero-order valence-electron chi connectivity index (χ0n) is 6.48. The van der Waals surface area contributed by atoms with Crippen molar-refractivity contribution in [3.63, 3.8) is 0 Å². The first-order chi connectivity index (χ1) is 5.18. The number of halogens is 1. The summed E-state index contributed by atoms with van der Waals surface area (Å²) in [6.07, 6.45) is -1.28. The second-order valence-corrected chi connectivity index (χ2v) is 2.18. The molecule has 0 spiro atoms. The molecular weight excluding hydrogens is 180 g/mol. The lowest BCUT2D eigenvalue weighted by molar-refractivity contribution is 0.144. The molecule has 3 nitrogen and oxygen atoms in total. The van der Waals surface area contributed by atoms with E-state index < -0.39 is 6.16 Å². The van der Waals surface area contributed by atoms with E-state index in [4.69, 9.17) is 5.11 Å². The van der Waals surface area contributed by atoms with Crippen molar-refractivity contribution in [2.45, 2.75) is 6.92 Å². The van der Waals surface area contributed by atoms with Crippen molar-refractivity contribution in [3.05, 3.63) is 29.8 Å². The van der Waals surface area contributed by atoms with E-state index in [2.05, 4.69) is 4.74 Å². The molecule has 0 amide bonds. The van der Waals surface area contributed by atoms with E-state index in [-0.39, 0.29) is 12.4 Å². The number of carboxylic acid groups (broad SMARTS) is 1. The Bertz CT molecular complexity index is 256. The molecule has 0 aliphatic carbocycles. The maximum Gasteiger partial charge on any atom is 0.511 e. The summed E-state index contributed by atoms with van der Waals surface area (Å²) in [4.78, 5) is 10.0. The van der Waals surface area contributed by atoms with Crippen LogP contribution in [0, 0.1) is 6.92 Å². The van der Waals surface area contributed by atoms with E-state index in [1.165, 1.54) is 0 Å². The van der Waals surface area contributed by atoms with Gasteiger partial charge in [0.05, 0.1) is 0 Å².